The van der Waals surface area contributed by atoms with E-state index in [1.54, 1.807) is 0 Å². The maximum Gasteiger partial charge on any atom is 0.418 e. The Morgan fingerprint density at radius 3 is 1.92 bits per heavy atom. The highest BCUT2D eigenvalue weighted by atomic mass is 35.5. The largest absolute Gasteiger partial charge is 0.418 e. The molecule has 2 N–H and O–H groups in total. The minimum Gasteiger partial charge on any atom is -0.397 e. The number of rotatable bonds is 1. The van der Waals surface area contributed by atoms with Gasteiger partial charge >= 0.3 is 18.0 Å². The van der Waals surface area contributed by atoms with Crippen LogP contribution < -0.4 is 5.73 Å². The predicted molar refractivity (Wildman–Crippen MR) is 74.6 cm³/mol. The van der Waals surface area contributed by atoms with Crippen LogP contribution in [0.2, 0.25) is 5.15 Å². The van der Waals surface area contributed by atoms with Crippen molar-refractivity contribution < 1.29 is 31.3 Å². The highest BCUT2D eigenvalue weighted by Gasteiger charge is 2.33. The smallest absolute Gasteiger partial charge is 0.397 e. The van der Waals surface area contributed by atoms with E-state index in [2.05, 4.69) is 9.97 Å². The highest BCUT2D eigenvalue weighted by Crippen LogP contribution is 2.33. The topological polar surface area (TPSA) is 94.9 Å². The van der Waals surface area contributed by atoms with Gasteiger partial charge in [0.15, 0.2) is 0 Å². The average molecular weight is 389 g/mol. The second-order valence-electron chi connectivity index (χ2n) is 4.29. The third-order valence-corrected chi connectivity index (χ3v) is 2.72. The van der Waals surface area contributed by atoms with Gasteiger partial charge in [0.25, 0.3) is 0 Å². The molecule has 0 unspecified atom stereocenters. The zero-order chi connectivity index (χ0) is 19.4. The van der Waals surface area contributed by atoms with E-state index < -0.39 is 39.2 Å². The predicted octanol–water partition coefficient (Wildman–Crippen LogP) is 4.34. The van der Waals surface area contributed by atoms with E-state index >= 15 is 0 Å². The lowest BCUT2D eigenvalue weighted by Gasteiger charge is -2.05. The van der Waals surface area contributed by atoms with E-state index in [0.29, 0.717) is 12.3 Å². The molecule has 13 heteroatoms. The van der Waals surface area contributed by atoms with Gasteiger partial charge in [-0.1, -0.05) is 11.6 Å². The Morgan fingerprint density at radius 2 is 1.52 bits per heavy atom. The number of nitrogens with zero attached hydrogens (tertiary/aromatic N) is 3. The molecule has 0 fully saturated rings. The molecule has 2 heterocycles. The number of nitro groups is 1. The first kappa shape index (κ1) is 20.4. The number of anilines is 1. The number of aromatic nitrogens is 2. The molecule has 2 aromatic rings. The van der Waals surface area contributed by atoms with Crippen LogP contribution in [-0.2, 0) is 12.4 Å². The summed E-state index contributed by atoms with van der Waals surface area (Å²) in [6.45, 7) is 0. The molecule has 136 valence electrons. The number of hydrogen-bond donors (Lipinski definition) is 1. The van der Waals surface area contributed by atoms with E-state index in [4.69, 9.17) is 17.3 Å². The third kappa shape index (κ3) is 6.06. The molecule has 0 aliphatic carbocycles. The van der Waals surface area contributed by atoms with Gasteiger partial charge in [-0.25, -0.2) is 4.98 Å². The number of hydrogen-bond acceptors (Lipinski definition) is 5. The molecule has 2 rings (SSSR count). The third-order valence-electron chi connectivity index (χ3n) is 2.43. The first-order valence-electron chi connectivity index (χ1n) is 5.97. The maximum absolute atomic E-state index is 12.1. The summed E-state index contributed by atoms with van der Waals surface area (Å²) >= 11 is 5.22. The minimum absolute atomic E-state index is 0.0137. The average Bonchev–Trinajstić information content (AvgIpc) is 2.46. The Labute approximate surface area is 140 Å². The standard InChI is InChI=1S/C6H2ClF3N2O2.C6H5F3N2/c7-5-4(12(13)14)1-3(2-11-5)6(8,9)10;7-6(8,9)4-1-5(10)3-11-2-4/h1-2H;1-3H,10H2. The minimum atomic E-state index is -4.66. The molecule has 0 bridgehead atoms. The van der Waals surface area contributed by atoms with Gasteiger partial charge in [-0.2, -0.15) is 26.3 Å². The van der Waals surface area contributed by atoms with Gasteiger partial charge in [-0.15, -0.1) is 0 Å². The number of halogens is 7. The van der Waals surface area contributed by atoms with Gasteiger partial charge in [0.1, 0.15) is 0 Å². The molecule has 0 saturated carbocycles. The van der Waals surface area contributed by atoms with Gasteiger partial charge in [-0.05, 0) is 6.07 Å². The number of nitrogens with two attached hydrogens (primary N) is 1. The monoisotopic (exact) mass is 388 g/mol. The van der Waals surface area contributed by atoms with E-state index in [1.807, 2.05) is 0 Å². The molecule has 0 radical (unpaired) electrons. The van der Waals surface area contributed by atoms with Crippen molar-refractivity contribution in [2.45, 2.75) is 12.4 Å². The van der Waals surface area contributed by atoms with E-state index in [0.717, 1.165) is 18.5 Å². The summed E-state index contributed by atoms with van der Waals surface area (Å²) in [7, 11) is 0. The van der Waals surface area contributed by atoms with Crippen molar-refractivity contribution in [1.82, 2.24) is 9.97 Å². The number of nitrogen functional groups attached to an aromatic ring is 1. The number of alkyl halides is 6. The first-order chi connectivity index (χ1) is 11.3. The lowest BCUT2D eigenvalue weighted by Crippen LogP contribution is -2.06. The lowest BCUT2D eigenvalue weighted by atomic mass is 10.2. The van der Waals surface area contributed by atoms with Crippen molar-refractivity contribution in [1.29, 1.82) is 0 Å². The van der Waals surface area contributed by atoms with Crippen LogP contribution >= 0.6 is 11.6 Å². The van der Waals surface area contributed by atoms with Gasteiger partial charge in [0.2, 0.25) is 5.15 Å². The summed E-state index contributed by atoms with van der Waals surface area (Å²) in [5, 5.41) is 9.65. The molecule has 0 amide bonds. The van der Waals surface area contributed by atoms with Crippen molar-refractivity contribution in [2.24, 2.45) is 0 Å². The molecule has 25 heavy (non-hydrogen) atoms. The van der Waals surface area contributed by atoms with Crippen LogP contribution in [0.15, 0.2) is 30.7 Å². The normalized spacial score (nSPS) is 11.5. The van der Waals surface area contributed by atoms with Crippen LogP contribution in [0.4, 0.5) is 37.7 Å². The van der Waals surface area contributed by atoms with Gasteiger partial charge < -0.3 is 5.73 Å². The Hall–Kier alpha value is -2.63. The van der Waals surface area contributed by atoms with Gasteiger partial charge in [0.05, 0.1) is 21.7 Å². The van der Waals surface area contributed by atoms with E-state index in [9.17, 15) is 36.5 Å². The fourth-order valence-corrected chi connectivity index (χ4v) is 1.50. The molecule has 0 spiro atoms. The summed E-state index contributed by atoms with van der Waals surface area (Å²) in [5.74, 6) is 0. The number of pyridine rings is 2. The Bertz CT molecular complexity index is 766. The zero-order valence-corrected chi connectivity index (χ0v) is 12.5. The SMILES string of the molecule is Nc1cncc(C(F)(F)F)c1.O=[N+]([O-])c1cc(C(F)(F)F)cnc1Cl. The molecule has 0 aliphatic heterocycles. The van der Waals surface area contributed by atoms with Crippen LogP contribution in [0, 0.1) is 10.1 Å². The van der Waals surface area contributed by atoms with Gasteiger partial charge in [0, 0.05) is 24.7 Å². The van der Waals surface area contributed by atoms with Crippen LogP contribution in [0.3, 0.4) is 0 Å². The highest BCUT2D eigenvalue weighted by molar-refractivity contribution is 6.31. The van der Waals surface area contributed by atoms with Crippen LogP contribution in [0.5, 0.6) is 0 Å². The maximum atomic E-state index is 12.1. The van der Waals surface area contributed by atoms with E-state index in [1.165, 1.54) is 0 Å². The quantitative estimate of drug-likeness (QED) is 0.339. The fraction of sp³-hybridized carbons (Fsp3) is 0.167. The van der Waals surface area contributed by atoms with Crippen LogP contribution in [0.25, 0.3) is 0 Å². The summed E-state index contributed by atoms with van der Waals surface area (Å²) in [4.78, 5) is 15.6. The Balaban J connectivity index is 0.000000257. The molecule has 2 aromatic heterocycles. The van der Waals surface area contributed by atoms with Crippen LogP contribution in [-0.4, -0.2) is 14.9 Å². The Kier molecular flexibility index (Phi) is 6.13. The Morgan fingerprint density at radius 1 is 1.00 bits per heavy atom. The summed E-state index contributed by atoms with van der Waals surface area (Å²) in [6.07, 6.45) is -6.69. The summed E-state index contributed by atoms with van der Waals surface area (Å²) in [6, 6.07) is 1.18. The molecule has 0 aromatic carbocycles. The first-order valence-corrected chi connectivity index (χ1v) is 6.35. The van der Waals surface area contributed by atoms with Crippen molar-refractivity contribution in [3.8, 4) is 0 Å². The second kappa shape index (κ2) is 7.51. The zero-order valence-electron chi connectivity index (χ0n) is 11.8. The summed E-state index contributed by atoms with van der Waals surface area (Å²) in [5.41, 5.74) is 2.22. The molecular weight excluding hydrogens is 382 g/mol. The molecule has 0 aliphatic rings. The molecule has 0 saturated heterocycles. The second-order valence-corrected chi connectivity index (χ2v) is 4.65. The van der Waals surface area contributed by atoms with Crippen LogP contribution in [0.1, 0.15) is 11.1 Å². The summed E-state index contributed by atoms with van der Waals surface area (Å²) < 4.78 is 71.8. The molecule has 0 atom stereocenters. The van der Waals surface area contributed by atoms with E-state index in [-0.39, 0.29) is 5.69 Å². The van der Waals surface area contributed by atoms with Gasteiger partial charge in [-0.3, -0.25) is 15.1 Å². The van der Waals surface area contributed by atoms with Crippen molar-refractivity contribution in [3.05, 3.63) is 57.1 Å². The van der Waals surface area contributed by atoms with Crippen molar-refractivity contribution >= 4 is 23.0 Å². The lowest BCUT2D eigenvalue weighted by molar-refractivity contribution is -0.385. The molecule has 6 nitrogen and oxygen atoms in total. The van der Waals surface area contributed by atoms with Crippen molar-refractivity contribution in [3.63, 3.8) is 0 Å². The fourth-order valence-electron chi connectivity index (χ4n) is 1.33. The van der Waals surface area contributed by atoms with Crippen molar-refractivity contribution in [2.75, 3.05) is 5.73 Å². The molecular formula is C12H7ClF6N4O2.